The third kappa shape index (κ3) is 3.53. The summed E-state index contributed by atoms with van der Waals surface area (Å²) in [7, 11) is -3.64. The molecule has 1 aromatic heterocycles. The Bertz CT molecular complexity index is 761. The Labute approximate surface area is 142 Å². The van der Waals surface area contributed by atoms with Gasteiger partial charge in [0.1, 0.15) is 10.6 Å². The zero-order chi connectivity index (χ0) is 17.2. The highest BCUT2D eigenvalue weighted by Gasteiger charge is 2.28. The van der Waals surface area contributed by atoms with E-state index in [2.05, 4.69) is 14.8 Å². The number of aryl methyl sites for hydroxylation is 2. The van der Waals surface area contributed by atoms with Gasteiger partial charge < -0.3 is 4.52 Å². The second kappa shape index (κ2) is 7.04. The van der Waals surface area contributed by atoms with Gasteiger partial charge in [-0.15, -0.1) is 0 Å². The molecule has 130 valence electrons. The summed E-state index contributed by atoms with van der Waals surface area (Å²) in [6, 6.07) is 10.1. The van der Waals surface area contributed by atoms with Gasteiger partial charge in [0.25, 0.3) is 0 Å². The van der Waals surface area contributed by atoms with Gasteiger partial charge in [-0.25, -0.2) is 13.1 Å². The van der Waals surface area contributed by atoms with Crippen LogP contribution in [0.2, 0.25) is 0 Å². The van der Waals surface area contributed by atoms with E-state index >= 15 is 0 Å². The summed E-state index contributed by atoms with van der Waals surface area (Å²) in [6.45, 7) is 5.57. The van der Waals surface area contributed by atoms with Crippen molar-refractivity contribution < 1.29 is 12.9 Å². The zero-order valence-electron chi connectivity index (χ0n) is 14.0. The fourth-order valence-electron chi connectivity index (χ4n) is 3.31. The number of aromatic nitrogens is 1. The van der Waals surface area contributed by atoms with Crippen LogP contribution in [-0.4, -0.2) is 38.1 Å². The van der Waals surface area contributed by atoms with E-state index in [0.29, 0.717) is 18.0 Å². The standard InChI is InChI=1S/C17H23N3O3S/c1-13-17(14(2)23-19-13)24(21,22)18-12-16(20-10-6-7-11-20)15-8-4-3-5-9-15/h3-5,8-9,16,18H,6-7,10-12H2,1-2H3/t16-/m0/s1. The normalized spacial score (nSPS) is 17.2. The molecule has 0 aliphatic carbocycles. The summed E-state index contributed by atoms with van der Waals surface area (Å²) in [5.41, 5.74) is 1.51. The molecule has 2 heterocycles. The molecule has 1 aromatic carbocycles. The third-order valence-corrected chi connectivity index (χ3v) is 6.14. The molecule has 0 amide bonds. The zero-order valence-corrected chi connectivity index (χ0v) is 14.8. The van der Waals surface area contributed by atoms with Crippen molar-refractivity contribution in [1.82, 2.24) is 14.8 Å². The topological polar surface area (TPSA) is 75.4 Å². The summed E-state index contributed by atoms with van der Waals surface area (Å²) in [4.78, 5) is 2.49. The molecule has 7 heteroatoms. The van der Waals surface area contributed by atoms with Gasteiger partial charge in [0, 0.05) is 12.6 Å². The maximum atomic E-state index is 12.7. The van der Waals surface area contributed by atoms with Crippen molar-refractivity contribution in [3.05, 3.63) is 47.3 Å². The minimum Gasteiger partial charge on any atom is -0.360 e. The van der Waals surface area contributed by atoms with E-state index in [1.54, 1.807) is 13.8 Å². The lowest BCUT2D eigenvalue weighted by molar-refractivity contribution is 0.246. The monoisotopic (exact) mass is 349 g/mol. The Morgan fingerprint density at radius 2 is 1.88 bits per heavy atom. The Kier molecular flexibility index (Phi) is 5.03. The van der Waals surface area contributed by atoms with Crippen LogP contribution in [0.5, 0.6) is 0 Å². The lowest BCUT2D eigenvalue weighted by Gasteiger charge is -2.28. The van der Waals surface area contributed by atoms with E-state index in [0.717, 1.165) is 31.5 Å². The molecule has 3 rings (SSSR count). The molecule has 1 aliphatic heterocycles. The fourth-order valence-corrected chi connectivity index (χ4v) is 4.67. The second-order valence-electron chi connectivity index (χ2n) is 6.17. The quantitative estimate of drug-likeness (QED) is 0.867. The minimum absolute atomic E-state index is 0.0314. The SMILES string of the molecule is Cc1noc(C)c1S(=O)(=O)NC[C@@H](c1ccccc1)N1CCCC1. The number of benzene rings is 1. The molecule has 1 N–H and O–H groups in total. The molecule has 1 fully saturated rings. The van der Waals surface area contributed by atoms with E-state index in [4.69, 9.17) is 4.52 Å². The summed E-state index contributed by atoms with van der Waals surface area (Å²) in [5.74, 6) is 0.317. The average Bonchev–Trinajstić information content (AvgIpc) is 3.19. The Morgan fingerprint density at radius 3 is 2.46 bits per heavy atom. The van der Waals surface area contributed by atoms with Crippen molar-refractivity contribution in [2.75, 3.05) is 19.6 Å². The van der Waals surface area contributed by atoms with E-state index in [1.165, 1.54) is 0 Å². The molecular formula is C17H23N3O3S. The highest BCUT2D eigenvalue weighted by atomic mass is 32.2. The van der Waals surface area contributed by atoms with Crippen molar-refractivity contribution >= 4 is 10.0 Å². The Morgan fingerprint density at radius 1 is 1.21 bits per heavy atom. The molecule has 0 bridgehead atoms. The second-order valence-corrected chi connectivity index (χ2v) is 7.88. The number of hydrogen-bond acceptors (Lipinski definition) is 5. The van der Waals surface area contributed by atoms with E-state index in [1.807, 2.05) is 30.3 Å². The predicted molar refractivity (Wildman–Crippen MR) is 91.2 cm³/mol. The van der Waals surface area contributed by atoms with Gasteiger partial charge >= 0.3 is 0 Å². The van der Waals surface area contributed by atoms with Crippen LogP contribution in [0.4, 0.5) is 0 Å². The van der Waals surface area contributed by atoms with Gasteiger partial charge in [0.05, 0.1) is 0 Å². The van der Waals surface area contributed by atoms with Gasteiger partial charge in [-0.2, -0.15) is 0 Å². The Hall–Kier alpha value is -1.70. The maximum Gasteiger partial charge on any atom is 0.246 e. The van der Waals surface area contributed by atoms with Gasteiger partial charge in [-0.3, -0.25) is 4.90 Å². The van der Waals surface area contributed by atoms with E-state index < -0.39 is 10.0 Å². The number of rotatable bonds is 6. The lowest BCUT2D eigenvalue weighted by Crippen LogP contribution is -2.37. The predicted octanol–water partition coefficient (Wildman–Crippen LogP) is 2.41. The summed E-state index contributed by atoms with van der Waals surface area (Å²) in [5, 5.41) is 3.74. The van der Waals surface area contributed by atoms with Crippen LogP contribution in [0.3, 0.4) is 0 Å². The average molecular weight is 349 g/mol. The molecule has 0 radical (unpaired) electrons. The number of nitrogens with one attached hydrogen (secondary N) is 1. The van der Waals surface area contributed by atoms with Crippen molar-refractivity contribution in [3.8, 4) is 0 Å². The van der Waals surface area contributed by atoms with Crippen molar-refractivity contribution in [3.63, 3.8) is 0 Å². The molecule has 0 spiro atoms. The van der Waals surface area contributed by atoms with Crippen LogP contribution in [-0.2, 0) is 10.0 Å². The lowest BCUT2D eigenvalue weighted by atomic mass is 10.1. The maximum absolute atomic E-state index is 12.7. The van der Waals surface area contributed by atoms with Gasteiger partial charge in [0.15, 0.2) is 5.76 Å². The largest absolute Gasteiger partial charge is 0.360 e. The number of sulfonamides is 1. The highest BCUT2D eigenvalue weighted by Crippen LogP contribution is 2.25. The van der Waals surface area contributed by atoms with Crippen LogP contribution in [0.1, 0.15) is 35.9 Å². The van der Waals surface area contributed by atoms with Gasteiger partial charge in [0.2, 0.25) is 10.0 Å². The van der Waals surface area contributed by atoms with Crippen LogP contribution in [0.15, 0.2) is 39.8 Å². The van der Waals surface area contributed by atoms with E-state index in [-0.39, 0.29) is 10.9 Å². The van der Waals surface area contributed by atoms with Crippen molar-refractivity contribution in [2.45, 2.75) is 37.6 Å². The fraction of sp³-hybridized carbons (Fsp3) is 0.471. The van der Waals surface area contributed by atoms with Crippen molar-refractivity contribution in [1.29, 1.82) is 0 Å². The number of hydrogen-bond donors (Lipinski definition) is 1. The Balaban J connectivity index is 1.81. The summed E-state index contributed by atoms with van der Waals surface area (Å²) in [6.07, 6.45) is 2.31. The highest BCUT2D eigenvalue weighted by molar-refractivity contribution is 7.89. The van der Waals surface area contributed by atoms with Crippen molar-refractivity contribution in [2.24, 2.45) is 0 Å². The first-order chi connectivity index (χ1) is 11.5. The summed E-state index contributed by atoms with van der Waals surface area (Å²) < 4.78 is 33.1. The first kappa shape index (κ1) is 17.1. The molecule has 1 saturated heterocycles. The van der Waals surface area contributed by atoms with Crippen LogP contribution in [0.25, 0.3) is 0 Å². The first-order valence-corrected chi connectivity index (χ1v) is 9.69. The molecule has 24 heavy (non-hydrogen) atoms. The van der Waals surface area contributed by atoms with Gasteiger partial charge in [-0.05, 0) is 45.3 Å². The van der Waals surface area contributed by atoms with Crippen LogP contribution in [0, 0.1) is 13.8 Å². The number of nitrogens with zero attached hydrogens (tertiary/aromatic N) is 2. The molecule has 0 unspecified atom stereocenters. The van der Waals surface area contributed by atoms with Gasteiger partial charge in [-0.1, -0.05) is 35.5 Å². The smallest absolute Gasteiger partial charge is 0.246 e. The molecule has 6 nitrogen and oxygen atoms in total. The molecule has 1 aliphatic rings. The summed E-state index contributed by atoms with van der Waals surface area (Å²) >= 11 is 0. The molecule has 0 saturated carbocycles. The molecule has 2 aromatic rings. The molecule has 1 atom stereocenters. The van der Waals surface area contributed by atoms with Crippen LogP contribution >= 0.6 is 0 Å². The first-order valence-electron chi connectivity index (χ1n) is 8.20. The van der Waals surface area contributed by atoms with Crippen LogP contribution < -0.4 is 4.72 Å². The minimum atomic E-state index is -3.64. The van der Waals surface area contributed by atoms with E-state index in [9.17, 15) is 8.42 Å². The number of likely N-dealkylation sites (tertiary alicyclic amines) is 1. The third-order valence-electron chi connectivity index (χ3n) is 4.47. The molecular weight excluding hydrogens is 326 g/mol.